The van der Waals surface area contributed by atoms with E-state index in [2.05, 4.69) is 15.5 Å². The molecule has 3 amide bonds. The lowest BCUT2D eigenvalue weighted by atomic mass is 10.1. The first kappa shape index (κ1) is 18.0. The van der Waals surface area contributed by atoms with Crippen molar-refractivity contribution in [3.05, 3.63) is 75.8 Å². The smallest absolute Gasteiger partial charge is 0.261 e. The van der Waals surface area contributed by atoms with Crippen LogP contribution in [0.15, 0.2) is 48.5 Å². The number of anilines is 1. The van der Waals surface area contributed by atoms with E-state index in [4.69, 9.17) is 0 Å². The number of hydrogen-bond acceptors (Lipinski definition) is 6. The largest absolute Gasteiger partial charge is 0.296 e. The van der Waals surface area contributed by atoms with Gasteiger partial charge >= 0.3 is 0 Å². The van der Waals surface area contributed by atoms with Crippen molar-refractivity contribution in [3.8, 4) is 0 Å². The van der Waals surface area contributed by atoms with Crippen LogP contribution in [0, 0.1) is 6.92 Å². The van der Waals surface area contributed by atoms with Gasteiger partial charge in [-0.3, -0.25) is 24.6 Å². The van der Waals surface area contributed by atoms with Crippen LogP contribution in [0.5, 0.6) is 0 Å². The van der Waals surface area contributed by atoms with Crippen molar-refractivity contribution in [1.29, 1.82) is 0 Å². The van der Waals surface area contributed by atoms with E-state index in [9.17, 15) is 14.4 Å². The Bertz CT molecular complexity index is 1060. The molecule has 4 rings (SSSR count). The number of fused-ring (bicyclic) bond motifs is 1. The van der Waals surface area contributed by atoms with E-state index in [0.717, 1.165) is 5.56 Å². The lowest BCUT2D eigenvalue weighted by Gasteiger charge is -2.12. The molecule has 0 aliphatic carbocycles. The van der Waals surface area contributed by atoms with Gasteiger partial charge in [-0.1, -0.05) is 41.7 Å². The molecule has 0 saturated heterocycles. The van der Waals surface area contributed by atoms with E-state index in [1.807, 2.05) is 19.1 Å². The monoisotopic (exact) mass is 392 g/mol. The Kier molecular flexibility index (Phi) is 4.70. The van der Waals surface area contributed by atoms with Crippen molar-refractivity contribution < 1.29 is 14.4 Å². The first-order chi connectivity index (χ1) is 13.5. The van der Waals surface area contributed by atoms with Gasteiger partial charge in [-0.05, 0) is 30.7 Å². The summed E-state index contributed by atoms with van der Waals surface area (Å²) in [7, 11) is 0. The summed E-state index contributed by atoms with van der Waals surface area (Å²) in [5.74, 6) is -0.836. The molecule has 0 fully saturated rings. The second-order valence-electron chi connectivity index (χ2n) is 6.33. The van der Waals surface area contributed by atoms with Crippen molar-refractivity contribution in [2.24, 2.45) is 0 Å². The Morgan fingerprint density at radius 3 is 2.32 bits per heavy atom. The molecule has 0 spiro atoms. The molecule has 140 valence electrons. The number of hydrogen-bond donors (Lipinski definition) is 1. The summed E-state index contributed by atoms with van der Waals surface area (Å²) in [4.78, 5) is 38.3. The fraction of sp³-hybridized carbons (Fsp3) is 0.150. The van der Waals surface area contributed by atoms with Gasteiger partial charge in [0.05, 0.1) is 11.1 Å². The number of imide groups is 1. The maximum absolute atomic E-state index is 12.4. The standard InChI is InChI=1S/C20H16N4O3S/c1-12-6-2-3-7-13(12)17(25)21-20-23-22-16(28-20)10-11-24-18(26)14-8-4-5-9-15(14)19(24)27/h2-9H,10-11H2,1H3,(H,21,23,25). The number of amides is 3. The van der Waals surface area contributed by atoms with E-state index < -0.39 is 0 Å². The number of nitrogens with zero attached hydrogens (tertiary/aromatic N) is 3. The number of benzene rings is 2. The second kappa shape index (κ2) is 7.32. The normalized spacial score (nSPS) is 13.0. The molecule has 2 aromatic carbocycles. The van der Waals surface area contributed by atoms with Gasteiger partial charge < -0.3 is 0 Å². The van der Waals surface area contributed by atoms with Crippen molar-refractivity contribution in [2.75, 3.05) is 11.9 Å². The van der Waals surface area contributed by atoms with Gasteiger partial charge in [-0.25, -0.2) is 0 Å². The Balaban J connectivity index is 1.40. The van der Waals surface area contributed by atoms with Gasteiger partial charge in [-0.2, -0.15) is 0 Å². The number of carbonyl (C=O) groups excluding carboxylic acids is 3. The topological polar surface area (TPSA) is 92.3 Å². The van der Waals surface area contributed by atoms with Crippen LogP contribution in [0.4, 0.5) is 5.13 Å². The van der Waals surface area contributed by atoms with Crippen LogP contribution in [0.2, 0.25) is 0 Å². The number of nitrogens with one attached hydrogen (secondary N) is 1. The van der Waals surface area contributed by atoms with Crippen molar-refractivity contribution in [2.45, 2.75) is 13.3 Å². The number of rotatable bonds is 5. The summed E-state index contributed by atoms with van der Waals surface area (Å²) < 4.78 is 0. The molecule has 28 heavy (non-hydrogen) atoms. The van der Waals surface area contributed by atoms with Crippen LogP contribution in [0.3, 0.4) is 0 Å². The predicted octanol–water partition coefficient (Wildman–Crippen LogP) is 2.94. The molecule has 0 saturated carbocycles. The molecular weight excluding hydrogens is 376 g/mol. The average molecular weight is 392 g/mol. The highest BCUT2D eigenvalue weighted by Gasteiger charge is 2.34. The number of aromatic nitrogens is 2. The van der Waals surface area contributed by atoms with Gasteiger partial charge in [0.1, 0.15) is 5.01 Å². The minimum atomic E-state index is -0.293. The molecule has 1 aliphatic heterocycles. The first-order valence-corrected chi connectivity index (χ1v) is 9.51. The summed E-state index contributed by atoms with van der Waals surface area (Å²) in [6.07, 6.45) is 0.378. The highest BCUT2D eigenvalue weighted by molar-refractivity contribution is 7.15. The summed E-state index contributed by atoms with van der Waals surface area (Å²) >= 11 is 1.23. The first-order valence-electron chi connectivity index (χ1n) is 8.69. The predicted molar refractivity (Wildman–Crippen MR) is 105 cm³/mol. The minimum Gasteiger partial charge on any atom is -0.296 e. The molecule has 0 radical (unpaired) electrons. The van der Waals surface area contributed by atoms with Gasteiger partial charge in [0.2, 0.25) is 5.13 Å². The third-order valence-electron chi connectivity index (χ3n) is 4.50. The van der Waals surface area contributed by atoms with Gasteiger partial charge in [0.25, 0.3) is 17.7 Å². The molecule has 3 aromatic rings. The molecular formula is C20H16N4O3S. The second-order valence-corrected chi connectivity index (χ2v) is 7.39. The van der Waals surface area contributed by atoms with Crippen LogP contribution in [0.1, 0.15) is 41.6 Å². The lowest BCUT2D eigenvalue weighted by molar-refractivity contribution is 0.0655. The summed E-state index contributed by atoms with van der Waals surface area (Å²) in [6.45, 7) is 2.08. The van der Waals surface area contributed by atoms with Crippen molar-refractivity contribution >= 4 is 34.2 Å². The summed E-state index contributed by atoms with van der Waals surface area (Å²) in [5, 5.41) is 11.8. The molecule has 0 unspecified atom stereocenters. The molecule has 2 heterocycles. The summed E-state index contributed by atoms with van der Waals surface area (Å²) in [5.41, 5.74) is 2.30. The third kappa shape index (κ3) is 3.29. The zero-order valence-electron chi connectivity index (χ0n) is 15.0. The zero-order chi connectivity index (χ0) is 19.7. The van der Waals surface area contributed by atoms with Crippen LogP contribution < -0.4 is 5.32 Å². The lowest BCUT2D eigenvalue weighted by Crippen LogP contribution is -2.31. The van der Waals surface area contributed by atoms with Gasteiger partial charge in [-0.15, -0.1) is 10.2 Å². The van der Waals surface area contributed by atoms with Crippen LogP contribution >= 0.6 is 11.3 Å². The zero-order valence-corrected chi connectivity index (χ0v) is 15.8. The van der Waals surface area contributed by atoms with Gasteiger partial charge in [0.15, 0.2) is 0 Å². The third-order valence-corrected chi connectivity index (χ3v) is 5.40. The van der Waals surface area contributed by atoms with Crippen LogP contribution in [0.25, 0.3) is 0 Å². The minimum absolute atomic E-state index is 0.215. The summed E-state index contributed by atoms with van der Waals surface area (Å²) in [6, 6.07) is 14.1. The van der Waals surface area contributed by atoms with E-state index in [1.54, 1.807) is 36.4 Å². The van der Waals surface area contributed by atoms with E-state index in [-0.39, 0.29) is 24.3 Å². The SMILES string of the molecule is Cc1ccccc1C(=O)Nc1nnc(CCN2C(=O)c3ccccc3C2=O)s1. The van der Waals surface area contributed by atoms with Crippen LogP contribution in [-0.4, -0.2) is 39.4 Å². The fourth-order valence-corrected chi connectivity index (χ4v) is 3.77. The Labute approximate surface area is 165 Å². The quantitative estimate of drug-likeness (QED) is 0.674. The van der Waals surface area contributed by atoms with E-state index in [1.165, 1.54) is 16.2 Å². The van der Waals surface area contributed by atoms with E-state index >= 15 is 0 Å². The van der Waals surface area contributed by atoms with Crippen molar-refractivity contribution in [1.82, 2.24) is 15.1 Å². The maximum Gasteiger partial charge on any atom is 0.261 e. The van der Waals surface area contributed by atoms with Crippen molar-refractivity contribution in [3.63, 3.8) is 0 Å². The fourth-order valence-electron chi connectivity index (χ4n) is 3.05. The average Bonchev–Trinajstić information content (AvgIpc) is 3.24. The molecule has 0 atom stereocenters. The maximum atomic E-state index is 12.4. The molecule has 1 aliphatic rings. The van der Waals surface area contributed by atoms with Gasteiger partial charge in [0, 0.05) is 18.5 Å². The highest BCUT2D eigenvalue weighted by Crippen LogP contribution is 2.24. The molecule has 1 N–H and O–H groups in total. The Hall–Kier alpha value is -3.39. The van der Waals surface area contributed by atoms with Crippen LogP contribution in [-0.2, 0) is 6.42 Å². The number of aryl methyl sites for hydroxylation is 1. The number of carbonyl (C=O) groups is 3. The van der Waals surface area contributed by atoms with E-state index in [0.29, 0.717) is 33.3 Å². The molecule has 8 heteroatoms. The molecule has 0 bridgehead atoms. The highest BCUT2D eigenvalue weighted by atomic mass is 32.1. The molecule has 7 nitrogen and oxygen atoms in total. The molecule has 1 aromatic heterocycles. The Morgan fingerprint density at radius 2 is 1.64 bits per heavy atom. The Morgan fingerprint density at radius 1 is 1.00 bits per heavy atom.